The largest absolute Gasteiger partial charge is 0.490 e. The van der Waals surface area contributed by atoms with E-state index in [0.29, 0.717) is 27.1 Å². The van der Waals surface area contributed by atoms with E-state index in [2.05, 4.69) is 5.32 Å². The van der Waals surface area contributed by atoms with Gasteiger partial charge >= 0.3 is 0 Å². The third-order valence-corrected chi connectivity index (χ3v) is 7.37. The molecule has 3 aromatic rings. The van der Waals surface area contributed by atoms with Gasteiger partial charge in [0.25, 0.3) is 11.8 Å². The Hall–Kier alpha value is -3.33. The molecule has 0 aliphatic carbocycles. The Labute approximate surface area is 237 Å². The van der Waals surface area contributed by atoms with E-state index >= 15 is 0 Å². The summed E-state index contributed by atoms with van der Waals surface area (Å²) in [6.45, 7) is 7.81. The normalized spacial score (nSPS) is 14.2. The molecule has 1 N–H and O–H groups in total. The number of nitrogens with one attached hydrogen (secondary N) is 1. The van der Waals surface area contributed by atoms with E-state index in [-0.39, 0.29) is 29.2 Å². The number of amides is 2. The summed E-state index contributed by atoms with van der Waals surface area (Å²) in [4.78, 5) is 27.8. The van der Waals surface area contributed by atoms with Crippen molar-refractivity contribution >= 4 is 69.2 Å². The molecule has 0 unspecified atom stereocenters. The lowest BCUT2D eigenvalue weighted by molar-refractivity contribution is -0.118. The molecule has 0 bridgehead atoms. The highest BCUT2D eigenvalue weighted by atomic mass is 35.5. The number of benzene rings is 3. The van der Waals surface area contributed by atoms with Crippen LogP contribution in [0.2, 0.25) is 5.02 Å². The van der Waals surface area contributed by atoms with Crippen molar-refractivity contribution in [2.75, 3.05) is 23.4 Å². The number of halogens is 1. The Morgan fingerprint density at radius 2 is 1.84 bits per heavy atom. The van der Waals surface area contributed by atoms with Crippen molar-refractivity contribution in [3.8, 4) is 11.5 Å². The number of carbonyl (C=O) groups excluding carboxylic acids is 2. The van der Waals surface area contributed by atoms with Crippen molar-refractivity contribution in [2.24, 2.45) is 0 Å². The molecule has 6 nitrogen and oxygen atoms in total. The molecule has 0 atom stereocenters. The van der Waals surface area contributed by atoms with Gasteiger partial charge in [-0.1, -0.05) is 71.5 Å². The molecular weight excluding hydrogens is 540 g/mol. The first kappa shape index (κ1) is 27.7. The van der Waals surface area contributed by atoms with Gasteiger partial charge in [0.1, 0.15) is 0 Å². The van der Waals surface area contributed by atoms with E-state index in [4.69, 9.17) is 33.3 Å². The molecule has 1 heterocycles. The molecule has 0 saturated carbocycles. The number of thioether (sulfide) groups is 1. The van der Waals surface area contributed by atoms with Gasteiger partial charge < -0.3 is 14.8 Å². The molecule has 0 spiro atoms. The van der Waals surface area contributed by atoms with Crippen LogP contribution >= 0.6 is 35.6 Å². The quantitative estimate of drug-likeness (QED) is 0.232. The summed E-state index contributed by atoms with van der Waals surface area (Å²) in [5.41, 5.74) is 5.16. The van der Waals surface area contributed by atoms with E-state index in [0.717, 1.165) is 28.1 Å². The Morgan fingerprint density at radius 3 is 2.55 bits per heavy atom. The number of anilines is 2. The highest BCUT2D eigenvalue weighted by Crippen LogP contribution is 2.40. The molecule has 4 rings (SSSR count). The second-order valence-corrected chi connectivity index (χ2v) is 10.8. The summed E-state index contributed by atoms with van der Waals surface area (Å²) in [6, 6.07) is 16.8. The number of hydrogen-bond donors (Lipinski definition) is 1. The maximum atomic E-state index is 13.2. The van der Waals surface area contributed by atoms with Gasteiger partial charge in [-0.2, -0.15) is 0 Å². The van der Waals surface area contributed by atoms with Crippen LogP contribution in [-0.2, 0) is 9.59 Å². The van der Waals surface area contributed by atoms with Crippen molar-refractivity contribution < 1.29 is 19.1 Å². The maximum absolute atomic E-state index is 13.2. The van der Waals surface area contributed by atoms with Crippen LogP contribution in [0.3, 0.4) is 0 Å². The molecule has 0 radical (unpaired) electrons. The Kier molecular flexibility index (Phi) is 8.76. The lowest BCUT2D eigenvalue weighted by Crippen LogP contribution is -2.28. The smallest absolute Gasteiger partial charge is 0.270 e. The Morgan fingerprint density at radius 1 is 1.08 bits per heavy atom. The molecule has 1 aliphatic heterocycles. The van der Waals surface area contributed by atoms with E-state index in [1.165, 1.54) is 16.7 Å². The third-order valence-electron chi connectivity index (χ3n) is 5.78. The van der Waals surface area contributed by atoms with E-state index in [9.17, 15) is 9.59 Å². The first-order valence-corrected chi connectivity index (χ1v) is 13.6. The summed E-state index contributed by atoms with van der Waals surface area (Å²) < 4.78 is 12.0. The first-order valence-electron chi connectivity index (χ1n) is 12.0. The topological polar surface area (TPSA) is 67.9 Å². The monoisotopic (exact) mass is 566 g/mol. The predicted octanol–water partition coefficient (Wildman–Crippen LogP) is 7.09. The van der Waals surface area contributed by atoms with Crippen LogP contribution in [-0.4, -0.2) is 29.3 Å². The van der Waals surface area contributed by atoms with Gasteiger partial charge in [-0.25, -0.2) is 0 Å². The lowest BCUT2D eigenvalue weighted by atomic mass is 10.1. The van der Waals surface area contributed by atoms with Crippen molar-refractivity contribution in [1.29, 1.82) is 0 Å². The molecule has 0 aromatic heterocycles. The minimum Gasteiger partial charge on any atom is -0.490 e. The second-order valence-electron chi connectivity index (χ2n) is 8.72. The molecule has 196 valence electrons. The molecule has 9 heteroatoms. The maximum Gasteiger partial charge on any atom is 0.270 e. The molecule has 38 heavy (non-hydrogen) atoms. The number of aryl methyl sites for hydroxylation is 3. The zero-order chi connectivity index (χ0) is 27.4. The first-order chi connectivity index (χ1) is 18.2. The Balaban J connectivity index is 1.53. The number of rotatable bonds is 8. The standard InChI is InChI=1S/C29H27ClN2O4S2/c1-5-35-24-14-20(15-25-28(34)32(29(37)38-25)23-9-7-6-8-18(23)3)13-21(30)27(24)36-16-26(33)31-22-11-10-17(2)12-19(22)4/h6-15H,5,16H2,1-4H3,(H,31,33)/b25-15-. The van der Waals surface area contributed by atoms with Gasteiger partial charge in [-0.05, 0) is 74.7 Å². The van der Waals surface area contributed by atoms with E-state index in [1.807, 2.05) is 70.2 Å². The van der Waals surface area contributed by atoms with E-state index < -0.39 is 0 Å². The summed E-state index contributed by atoms with van der Waals surface area (Å²) in [5.74, 6) is 0.111. The minimum atomic E-state index is -0.320. The number of ether oxygens (including phenoxy) is 2. The van der Waals surface area contributed by atoms with Crippen LogP contribution in [0.25, 0.3) is 6.08 Å². The SMILES string of the molecule is CCOc1cc(/C=C2\SC(=S)N(c3ccccc3C)C2=O)cc(Cl)c1OCC(=O)Nc1ccc(C)cc1C. The third kappa shape index (κ3) is 6.20. The highest BCUT2D eigenvalue weighted by molar-refractivity contribution is 8.27. The van der Waals surface area contributed by atoms with E-state index in [1.54, 1.807) is 18.2 Å². The average Bonchev–Trinajstić information content (AvgIpc) is 3.13. The second kappa shape index (κ2) is 12.0. The fraction of sp³-hybridized carbons (Fsp3) is 0.207. The minimum absolute atomic E-state index is 0.202. The van der Waals surface area contributed by atoms with Crippen LogP contribution in [0.1, 0.15) is 29.2 Å². The zero-order valence-corrected chi connectivity index (χ0v) is 23.9. The number of carbonyl (C=O) groups is 2. The van der Waals surface area contributed by atoms with Crippen molar-refractivity contribution in [2.45, 2.75) is 27.7 Å². The number of nitrogens with zero attached hydrogens (tertiary/aromatic N) is 1. The molecule has 1 aliphatic rings. The van der Waals surface area contributed by atoms with Gasteiger partial charge in [-0.3, -0.25) is 14.5 Å². The van der Waals surface area contributed by atoms with Gasteiger partial charge in [0.2, 0.25) is 0 Å². The highest BCUT2D eigenvalue weighted by Gasteiger charge is 2.34. The van der Waals surface area contributed by atoms with Crippen LogP contribution < -0.4 is 19.7 Å². The molecule has 2 amide bonds. The van der Waals surface area contributed by atoms with Gasteiger partial charge in [0, 0.05) is 5.69 Å². The summed E-state index contributed by atoms with van der Waals surface area (Å²) >= 11 is 13.3. The van der Waals surface area contributed by atoms with Crippen LogP contribution in [0, 0.1) is 20.8 Å². The van der Waals surface area contributed by atoms with Crippen LogP contribution in [0.5, 0.6) is 11.5 Å². The number of thiocarbonyl (C=S) groups is 1. The number of hydrogen-bond acceptors (Lipinski definition) is 6. The zero-order valence-electron chi connectivity index (χ0n) is 21.5. The van der Waals surface area contributed by atoms with Crippen LogP contribution in [0.15, 0.2) is 59.5 Å². The Bertz CT molecular complexity index is 1450. The fourth-order valence-electron chi connectivity index (χ4n) is 3.99. The average molecular weight is 567 g/mol. The fourth-order valence-corrected chi connectivity index (χ4v) is 5.55. The van der Waals surface area contributed by atoms with Crippen LogP contribution in [0.4, 0.5) is 11.4 Å². The molecular formula is C29H27ClN2O4S2. The lowest BCUT2D eigenvalue weighted by Gasteiger charge is -2.17. The van der Waals surface area contributed by atoms with Gasteiger partial charge in [0.15, 0.2) is 22.4 Å². The van der Waals surface area contributed by atoms with Gasteiger partial charge in [0.05, 0.1) is 22.2 Å². The predicted molar refractivity (Wildman–Crippen MR) is 159 cm³/mol. The van der Waals surface area contributed by atoms with Crippen molar-refractivity contribution in [1.82, 2.24) is 0 Å². The van der Waals surface area contributed by atoms with Gasteiger partial charge in [-0.15, -0.1) is 0 Å². The molecule has 1 saturated heterocycles. The summed E-state index contributed by atoms with van der Waals surface area (Å²) in [5, 5.41) is 3.11. The van der Waals surface area contributed by atoms with Crippen molar-refractivity contribution in [3.63, 3.8) is 0 Å². The molecule has 3 aromatic carbocycles. The number of para-hydroxylation sites is 1. The summed E-state index contributed by atoms with van der Waals surface area (Å²) in [6.07, 6.45) is 1.72. The summed E-state index contributed by atoms with van der Waals surface area (Å²) in [7, 11) is 0. The molecule has 1 fully saturated rings. The van der Waals surface area contributed by atoms with Crippen molar-refractivity contribution in [3.05, 3.63) is 86.8 Å².